The van der Waals surface area contributed by atoms with Gasteiger partial charge in [0, 0.05) is 25.1 Å². The number of aliphatic carboxylic acids is 1. The van der Waals surface area contributed by atoms with Crippen LogP contribution in [0.5, 0.6) is 5.75 Å². The number of rotatable bonds is 6. The van der Waals surface area contributed by atoms with Gasteiger partial charge in [0.25, 0.3) is 0 Å². The fourth-order valence-corrected chi connectivity index (χ4v) is 2.01. The lowest BCUT2D eigenvalue weighted by molar-refractivity contribution is -0.137. The summed E-state index contributed by atoms with van der Waals surface area (Å²) in [5.41, 5.74) is 1.52. The summed E-state index contributed by atoms with van der Waals surface area (Å²) in [5.74, 6) is -0.784. The van der Waals surface area contributed by atoms with E-state index in [1.165, 1.54) is 4.90 Å². The van der Waals surface area contributed by atoms with Gasteiger partial charge in [-0.1, -0.05) is 6.07 Å². The number of carbonyl (C=O) groups is 2. The molecule has 6 nitrogen and oxygen atoms in total. The maximum absolute atomic E-state index is 12.3. The minimum Gasteiger partial charge on any atom is -0.508 e. The first kappa shape index (κ1) is 16.8. The molecule has 0 bridgehead atoms. The van der Waals surface area contributed by atoms with Gasteiger partial charge in [-0.25, -0.2) is 4.79 Å². The fraction of sp³-hybridized carbons (Fsp3) is 0.467. The molecule has 0 aromatic heterocycles. The number of amides is 2. The van der Waals surface area contributed by atoms with Crippen LogP contribution in [0, 0.1) is 6.92 Å². The van der Waals surface area contributed by atoms with Crippen LogP contribution in [0.25, 0.3) is 0 Å². The Morgan fingerprint density at radius 3 is 2.62 bits per heavy atom. The van der Waals surface area contributed by atoms with Crippen molar-refractivity contribution >= 4 is 17.7 Å². The molecule has 0 spiro atoms. The molecule has 1 unspecified atom stereocenters. The van der Waals surface area contributed by atoms with Gasteiger partial charge >= 0.3 is 12.0 Å². The number of aromatic hydroxyl groups is 1. The standard InChI is InChI=1S/C15H22N2O4/c1-4-17(13-9-12(18)7-5-10(13)2)15(21)16-11(3)6-8-14(19)20/h5,7,9,11,18H,4,6,8H2,1-3H3,(H,16,21)(H,19,20). The number of carboxylic acids is 1. The number of phenols is 1. The third-order valence-corrected chi connectivity index (χ3v) is 3.21. The predicted octanol–water partition coefficient (Wildman–Crippen LogP) is 2.49. The van der Waals surface area contributed by atoms with Crippen molar-refractivity contribution in [3.05, 3.63) is 23.8 Å². The molecule has 0 saturated carbocycles. The molecule has 116 valence electrons. The zero-order valence-electron chi connectivity index (χ0n) is 12.6. The molecule has 0 saturated heterocycles. The molecule has 0 fully saturated rings. The lowest BCUT2D eigenvalue weighted by Gasteiger charge is -2.25. The van der Waals surface area contributed by atoms with Gasteiger partial charge in [-0.2, -0.15) is 0 Å². The van der Waals surface area contributed by atoms with Crippen molar-refractivity contribution < 1.29 is 19.8 Å². The van der Waals surface area contributed by atoms with E-state index >= 15 is 0 Å². The fourth-order valence-electron chi connectivity index (χ4n) is 2.01. The summed E-state index contributed by atoms with van der Waals surface area (Å²) >= 11 is 0. The summed E-state index contributed by atoms with van der Waals surface area (Å²) < 4.78 is 0. The molecular weight excluding hydrogens is 272 g/mol. The van der Waals surface area contributed by atoms with E-state index in [4.69, 9.17) is 5.11 Å². The number of anilines is 1. The van der Waals surface area contributed by atoms with Crippen LogP contribution in [-0.4, -0.2) is 34.8 Å². The first-order valence-corrected chi connectivity index (χ1v) is 6.94. The first-order valence-electron chi connectivity index (χ1n) is 6.94. The third kappa shape index (κ3) is 4.98. The maximum Gasteiger partial charge on any atom is 0.322 e. The van der Waals surface area contributed by atoms with Crippen LogP contribution in [0.1, 0.15) is 32.3 Å². The number of nitrogens with one attached hydrogen (secondary N) is 1. The van der Waals surface area contributed by atoms with Crippen molar-refractivity contribution in [2.75, 3.05) is 11.4 Å². The van der Waals surface area contributed by atoms with Crippen molar-refractivity contribution in [3.63, 3.8) is 0 Å². The van der Waals surface area contributed by atoms with E-state index in [1.807, 2.05) is 13.8 Å². The molecule has 2 amide bonds. The lowest BCUT2D eigenvalue weighted by atomic mass is 10.1. The second-order valence-corrected chi connectivity index (χ2v) is 5.00. The van der Waals surface area contributed by atoms with Gasteiger partial charge in [-0.3, -0.25) is 9.69 Å². The minimum atomic E-state index is -0.882. The molecule has 1 aromatic carbocycles. The van der Waals surface area contributed by atoms with Gasteiger partial charge in [0.1, 0.15) is 5.75 Å². The lowest BCUT2D eigenvalue weighted by Crippen LogP contribution is -2.44. The number of aryl methyl sites for hydroxylation is 1. The summed E-state index contributed by atoms with van der Waals surface area (Å²) in [7, 11) is 0. The van der Waals surface area contributed by atoms with Gasteiger partial charge < -0.3 is 15.5 Å². The monoisotopic (exact) mass is 294 g/mol. The Hall–Kier alpha value is -2.24. The average molecular weight is 294 g/mol. The van der Waals surface area contributed by atoms with Crippen LogP contribution in [0.15, 0.2) is 18.2 Å². The highest BCUT2D eigenvalue weighted by atomic mass is 16.4. The van der Waals surface area contributed by atoms with E-state index in [1.54, 1.807) is 25.1 Å². The Morgan fingerprint density at radius 1 is 1.38 bits per heavy atom. The van der Waals surface area contributed by atoms with Gasteiger partial charge in [0.15, 0.2) is 0 Å². The van der Waals surface area contributed by atoms with Crippen molar-refractivity contribution in [3.8, 4) is 5.75 Å². The van der Waals surface area contributed by atoms with Crippen LogP contribution >= 0.6 is 0 Å². The van der Waals surface area contributed by atoms with Crippen LogP contribution in [-0.2, 0) is 4.79 Å². The predicted molar refractivity (Wildman–Crippen MR) is 80.7 cm³/mol. The topological polar surface area (TPSA) is 89.9 Å². The molecule has 0 aliphatic carbocycles. The number of benzene rings is 1. The van der Waals surface area contributed by atoms with E-state index in [9.17, 15) is 14.7 Å². The Bertz CT molecular complexity index is 516. The second kappa shape index (κ2) is 7.52. The van der Waals surface area contributed by atoms with E-state index in [0.29, 0.717) is 18.7 Å². The molecule has 6 heteroatoms. The van der Waals surface area contributed by atoms with Crippen molar-refractivity contribution in [2.45, 2.75) is 39.7 Å². The Labute approximate surface area is 124 Å². The quantitative estimate of drug-likeness (QED) is 0.752. The number of nitrogens with zero attached hydrogens (tertiary/aromatic N) is 1. The second-order valence-electron chi connectivity index (χ2n) is 5.00. The third-order valence-electron chi connectivity index (χ3n) is 3.21. The smallest absolute Gasteiger partial charge is 0.322 e. The van der Waals surface area contributed by atoms with Crippen LogP contribution in [0.4, 0.5) is 10.5 Å². The normalized spacial score (nSPS) is 11.8. The van der Waals surface area contributed by atoms with Gasteiger partial charge in [0.05, 0.1) is 5.69 Å². The van der Waals surface area contributed by atoms with Gasteiger partial charge in [-0.05, 0) is 38.8 Å². The summed E-state index contributed by atoms with van der Waals surface area (Å²) in [6.45, 7) is 5.91. The number of carbonyl (C=O) groups excluding carboxylic acids is 1. The van der Waals surface area contributed by atoms with Crippen molar-refractivity contribution in [1.29, 1.82) is 0 Å². The zero-order chi connectivity index (χ0) is 16.0. The molecule has 1 atom stereocenters. The molecule has 0 aliphatic rings. The summed E-state index contributed by atoms with van der Waals surface area (Å²) in [4.78, 5) is 24.3. The average Bonchev–Trinajstić information content (AvgIpc) is 2.41. The molecule has 3 N–H and O–H groups in total. The highest BCUT2D eigenvalue weighted by Crippen LogP contribution is 2.25. The summed E-state index contributed by atoms with van der Waals surface area (Å²) in [6.07, 6.45) is 0.385. The molecular formula is C15H22N2O4. The van der Waals surface area contributed by atoms with Gasteiger partial charge in [-0.15, -0.1) is 0 Å². The largest absolute Gasteiger partial charge is 0.508 e. The SMILES string of the molecule is CCN(C(=O)NC(C)CCC(=O)O)c1cc(O)ccc1C. The Balaban J connectivity index is 2.77. The van der Waals surface area contributed by atoms with Gasteiger partial charge in [0.2, 0.25) is 0 Å². The number of phenolic OH excluding ortho intramolecular Hbond substituents is 1. The first-order chi connectivity index (χ1) is 9.85. The van der Waals surface area contributed by atoms with E-state index < -0.39 is 5.97 Å². The van der Waals surface area contributed by atoms with Crippen molar-refractivity contribution in [1.82, 2.24) is 5.32 Å². The van der Waals surface area contributed by atoms with Crippen molar-refractivity contribution in [2.24, 2.45) is 0 Å². The number of hydrogen-bond acceptors (Lipinski definition) is 3. The van der Waals surface area contributed by atoms with Crippen LogP contribution in [0.3, 0.4) is 0 Å². The summed E-state index contributed by atoms with van der Waals surface area (Å²) in [6, 6.07) is 4.32. The molecule has 1 aromatic rings. The zero-order valence-corrected chi connectivity index (χ0v) is 12.6. The molecule has 0 aliphatic heterocycles. The Morgan fingerprint density at radius 2 is 2.05 bits per heavy atom. The van der Waals surface area contributed by atoms with Crippen LogP contribution < -0.4 is 10.2 Å². The molecule has 1 rings (SSSR count). The number of urea groups is 1. The summed E-state index contributed by atoms with van der Waals surface area (Å²) in [5, 5.41) is 21.0. The van der Waals surface area contributed by atoms with E-state index in [0.717, 1.165) is 5.56 Å². The Kier molecular flexibility index (Phi) is 6.02. The molecule has 0 radical (unpaired) electrons. The molecule has 21 heavy (non-hydrogen) atoms. The van der Waals surface area contributed by atoms with Crippen LogP contribution in [0.2, 0.25) is 0 Å². The maximum atomic E-state index is 12.3. The molecule has 0 heterocycles. The number of hydrogen-bond donors (Lipinski definition) is 3. The minimum absolute atomic E-state index is 0.0126. The highest BCUT2D eigenvalue weighted by Gasteiger charge is 2.18. The highest BCUT2D eigenvalue weighted by molar-refractivity contribution is 5.93. The van der Waals surface area contributed by atoms with E-state index in [-0.39, 0.29) is 24.2 Å². The number of carboxylic acid groups (broad SMARTS) is 1. The van der Waals surface area contributed by atoms with E-state index in [2.05, 4.69) is 5.32 Å².